The van der Waals surface area contributed by atoms with Gasteiger partial charge in [-0.25, -0.2) is 4.98 Å². The first-order valence-corrected chi connectivity index (χ1v) is 11.3. The van der Waals surface area contributed by atoms with Gasteiger partial charge in [-0.15, -0.1) is 0 Å². The largest absolute Gasteiger partial charge is 0.497 e. The number of aromatic nitrogens is 3. The molecule has 0 saturated heterocycles. The Hall–Kier alpha value is -3.72. The van der Waals surface area contributed by atoms with Crippen molar-refractivity contribution in [2.45, 2.75) is 17.1 Å². The summed E-state index contributed by atoms with van der Waals surface area (Å²) >= 11 is 1.20. The Labute approximate surface area is 196 Å². The fourth-order valence-corrected chi connectivity index (χ4v) is 4.75. The van der Waals surface area contributed by atoms with Crippen molar-refractivity contribution < 1.29 is 17.9 Å². The highest BCUT2D eigenvalue weighted by molar-refractivity contribution is 7.98. The van der Waals surface area contributed by atoms with Gasteiger partial charge in [-0.1, -0.05) is 54.2 Å². The molecule has 5 aromatic rings. The second-order valence-electron chi connectivity index (χ2n) is 7.62. The molecule has 0 unspecified atom stereocenters. The van der Waals surface area contributed by atoms with Crippen molar-refractivity contribution in [1.29, 1.82) is 0 Å². The van der Waals surface area contributed by atoms with Crippen LogP contribution in [0.15, 0.2) is 82.7 Å². The lowest BCUT2D eigenvalue weighted by Crippen LogP contribution is -2.21. The van der Waals surface area contributed by atoms with Crippen LogP contribution in [-0.4, -0.2) is 21.6 Å². The topological polar surface area (TPSA) is 59.9 Å². The fourth-order valence-electron chi connectivity index (χ4n) is 3.80. The Bertz CT molecular complexity index is 1570. The predicted molar refractivity (Wildman–Crippen MR) is 127 cm³/mol. The van der Waals surface area contributed by atoms with Crippen LogP contribution in [0.5, 0.6) is 5.75 Å². The zero-order valence-corrected chi connectivity index (χ0v) is 18.7. The summed E-state index contributed by atoms with van der Waals surface area (Å²) in [7, 11) is 1.53. The maximum Gasteiger partial charge on any atom is 0.416 e. The number of methoxy groups -OCH3 is 1. The minimum Gasteiger partial charge on any atom is -0.497 e. The molecule has 0 radical (unpaired) electrons. The molecule has 0 saturated carbocycles. The second-order valence-corrected chi connectivity index (χ2v) is 8.56. The van der Waals surface area contributed by atoms with Crippen molar-refractivity contribution in [2.24, 2.45) is 0 Å². The van der Waals surface area contributed by atoms with Crippen LogP contribution in [0.1, 0.15) is 11.1 Å². The molecule has 9 heteroatoms. The van der Waals surface area contributed by atoms with Crippen LogP contribution < -0.4 is 10.3 Å². The van der Waals surface area contributed by atoms with Crippen LogP contribution in [0.3, 0.4) is 0 Å². The van der Waals surface area contributed by atoms with Gasteiger partial charge in [-0.3, -0.25) is 9.36 Å². The zero-order valence-electron chi connectivity index (χ0n) is 17.9. The van der Waals surface area contributed by atoms with Gasteiger partial charge in [0, 0.05) is 22.7 Å². The zero-order chi connectivity index (χ0) is 23.9. The maximum absolute atomic E-state index is 13.6. The molecule has 0 fully saturated rings. The highest BCUT2D eigenvalue weighted by Crippen LogP contribution is 2.32. The lowest BCUT2D eigenvalue weighted by atomic mass is 10.1. The molecular formula is C25H18F3N3O2S. The lowest BCUT2D eigenvalue weighted by molar-refractivity contribution is -0.137. The van der Waals surface area contributed by atoms with E-state index in [9.17, 15) is 18.0 Å². The van der Waals surface area contributed by atoms with Crippen molar-refractivity contribution in [1.82, 2.24) is 14.5 Å². The summed E-state index contributed by atoms with van der Waals surface area (Å²) in [5.74, 6) is 0.767. The van der Waals surface area contributed by atoms with Gasteiger partial charge < -0.3 is 9.72 Å². The Morgan fingerprint density at radius 2 is 1.82 bits per heavy atom. The number of H-pyrrole nitrogens is 1. The second kappa shape index (κ2) is 8.57. The van der Waals surface area contributed by atoms with Crippen LogP contribution >= 0.6 is 11.8 Å². The number of fused-ring (bicyclic) bond motifs is 3. The van der Waals surface area contributed by atoms with E-state index in [2.05, 4.69) is 4.98 Å². The lowest BCUT2D eigenvalue weighted by Gasteiger charge is -2.13. The first-order valence-electron chi connectivity index (χ1n) is 10.3. The minimum absolute atomic E-state index is 0.203. The number of para-hydroxylation sites is 1. The fraction of sp³-hybridized carbons (Fsp3) is 0.120. The van der Waals surface area contributed by atoms with Gasteiger partial charge in [-0.2, -0.15) is 13.2 Å². The van der Waals surface area contributed by atoms with Gasteiger partial charge in [0.15, 0.2) is 5.16 Å². The molecule has 5 nitrogen and oxygen atoms in total. The van der Waals surface area contributed by atoms with Crippen LogP contribution in [0.4, 0.5) is 13.2 Å². The molecule has 2 heterocycles. The minimum atomic E-state index is -4.43. The van der Waals surface area contributed by atoms with Crippen LogP contribution in [0, 0.1) is 0 Å². The maximum atomic E-state index is 13.6. The van der Waals surface area contributed by atoms with Gasteiger partial charge in [-0.05, 0) is 29.8 Å². The van der Waals surface area contributed by atoms with Crippen molar-refractivity contribution in [3.05, 3.63) is 94.3 Å². The molecule has 3 aromatic carbocycles. The molecule has 0 spiro atoms. The number of thioether (sulfide) groups is 1. The average Bonchev–Trinajstić information content (AvgIpc) is 3.21. The highest BCUT2D eigenvalue weighted by Gasteiger charge is 2.30. The van der Waals surface area contributed by atoms with E-state index in [1.54, 1.807) is 30.3 Å². The van der Waals surface area contributed by atoms with E-state index in [4.69, 9.17) is 9.72 Å². The number of alkyl halides is 3. The Kier molecular flexibility index (Phi) is 5.57. The normalized spacial score (nSPS) is 11.9. The number of rotatable bonds is 5. The molecule has 2 aromatic heterocycles. The molecule has 0 aliphatic carbocycles. The summed E-state index contributed by atoms with van der Waals surface area (Å²) < 4.78 is 46.2. The van der Waals surface area contributed by atoms with Crippen LogP contribution in [-0.2, 0) is 11.9 Å². The van der Waals surface area contributed by atoms with Gasteiger partial charge in [0.05, 0.1) is 18.4 Å². The van der Waals surface area contributed by atoms with Crippen LogP contribution in [0.2, 0.25) is 0 Å². The smallest absolute Gasteiger partial charge is 0.416 e. The summed E-state index contributed by atoms with van der Waals surface area (Å²) in [5.41, 5.74) is 1.66. The van der Waals surface area contributed by atoms with Gasteiger partial charge in [0.1, 0.15) is 16.8 Å². The number of ether oxygens (including phenoxy) is 1. The van der Waals surface area contributed by atoms with Gasteiger partial charge in [0.2, 0.25) is 0 Å². The molecule has 0 atom stereocenters. The number of benzene rings is 3. The first kappa shape index (κ1) is 22.1. The quantitative estimate of drug-likeness (QED) is 0.240. The number of aromatic amines is 1. The average molecular weight is 481 g/mol. The number of nitrogens with zero attached hydrogens (tertiary/aromatic N) is 2. The summed E-state index contributed by atoms with van der Waals surface area (Å²) in [6, 6.07) is 19.6. The predicted octanol–water partition coefficient (Wildman–Crippen LogP) is 6.19. The first-order chi connectivity index (χ1) is 16.3. The van der Waals surface area contributed by atoms with Crippen molar-refractivity contribution >= 4 is 33.7 Å². The van der Waals surface area contributed by atoms with E-state index in [0.717, 1.165) is 23.0 Å². The molecule has 172 valence electrons. The van der Waals surface area contributed by atoms with E-state index in [1.165, 1.54) is 29.5 Å². The SMILES string of the molecule is COc1cccc(-n2c(SCc3cccc(C(F)(F)F)c3)nc3c([nH]c4ccccc43)c2=O)c1. The third-order valence-corrected chi connectivity index (χ3v) is 6.44. The van der Waals surface area contributed by atoms with Crippen molar-refractivity contribution in [2.75, 3.05) is 7.11 Å². The summed E-state index contributed by atoms with van der Waals surface area (Å²) in [5, 5.41) is 1.17. The van der Waals surface area contributed by atoms with Gasteiger partial charge >= 0.3 is 6.18 Å². The van der Waals surface area contributed by atoms with Crippen molar-refractivity contribution in [3.8, 4) is 11.4 Å². The number of hydrogen-bond donors (Lipinski definition) is 1. The number of halogens is 3. The summed E-state index contributed by atoms with van der Waals surface area (Å²) in [6.45, 7) is 0. The molecule has 0 aliphatic heterocycles. The Morgan fingerprint density at radius 3 is 2.62 bits per heavy atom. The number of nitrogens with one attached hydrogen (secondary N) is 1. The molecule has 0 bridgehead atoms. The molecule has 1 N–H and O–H groups in total. The molecule has 34 heavy (non-hydrogen) atoms. The Balaban J connectivity index is 1.66. The number of hydrogen-bond acceptors (Lipinski definition) is 4. The van der Waals surface area contributed by atoms with E-state index in [-0.39, 0.29) is 11.3 Å². The van der Waals surface area contributed by atoms with Gasteiger partial charge in [0.25, 0.3) is 5.56 Å². The third kappa shape index (κ3) is 4.03. The standard InChI is InChI=1S/C25H18F3N3O2S/c1-33-18-9-5-8-17(13-18)31-23(32)22-21(19-10-2-3-11-20(19)29-22)30-24(31)34-14-15-6-4-7-16(12-15)25(26,27)28/h2-13,29H,14H2,1H3. The van der Waals surface area contributed by atoms with Crippen LogP contribution in [0.25, 0.3) is 27.6 Å². The molecule has 5 rings (SSSR count). The molecular weight excluding hydrogens is 463 g/mol. The summed E-state index contributed by atoms with van der Waals surface area (Å²) in [4.78, 5) is 21.5. The highest BCUT2D eigenvalue weighted by atomic mass is 32.2. The summed E-state index contributed by atoms with van der Waals surface area (Å²) in [6.07, 6.45) is -4.43. The molecule has 0 amide bonds. The van der Waals surface area contributed by atoms with E-state index in [0.29, 0.717) is 33.2 Å². The van der Waals surface area contributed by atoms with Crippen molar-refractivity contribution in [3.63, 3.8) is 0 Å². The van der Waals surface area contributed by atoms with E-state index < -0.39 is 11.7 Å². The van der Waals surface area contributed by atoms with E-state index in [1.807, 2.05) is 24.3 Å². The monoisotopic (exact) mass is 481 g/mol. The third-order valence-electron chi connectivity index (χ3n) is 5.43. The Morgan fingerprint density at radius 1 is 1.03 bits per heavy atom. The van der Waals surface area contributed by atoms with E-state index >= 15 is 0 Å². The molecule has 0 aliphatic rings.